The summed E-state index contributed by atoms with van der Waals surface area (Å²) in [5, 5.41) is 9.91. The molecule has 0 unspecified atom stereocenters. The molecule has 1 heterocycles. The van der Waals surface area contributed by atoms with Gasteiger partial charge in [0.25, 0.3) is 0 Å². The van der Waals surface area contributed by atoms with Gasteiger partial charge >= 0.3 is 5.97 Å². The largest absolute Gasteiger partial charge is 0.476 e. The van der Waals surface area contributed by atoms with Crippen molar-refractivity contribution in [3.63, 3.8) is 0 Å². The van der Waals surface area contributed by atoms with Crippen molar-refractivity contribution in [1.29, 1.82) is 0 Å². The molecule has 0 aliphatic carbocycles. The monoisotopic (exact) mass is 326 g/mol. The fourth-order valence-corrected chi connectivity index (χ4v) is 2.57. The topological polar surface area (TPSA) is 55.1 Å². The zero-order valence-corrected chi connectivity index (χ0v) is 13.5. The summed E-state index contributed by atoms with van der Waals surface area (Å²) in [5.74, 6) is -0.475. The number of aromatic nitrogens is 2. The number of carboxylic acids is 1. The van der Waals surface area contributed by atoms with E-state index < -0.39 is 5.97 Å². The number of benzene rings is 2. The molecular weight excluding hydrogens is 312 g/mol. The van der Waals surface area contributed by atoms with Crippen molar-refractivity contribution in [2.45, 2.75) is 13.8 Å². The zero-order valence-electron chi connectivity index (χ0n) is 12.7. The highest BCUT2D eigenvalue weighted by molar-refractivity contribution is 6.30. The summed E-state index contributed by atoms with van der Waals surface area (Å²) < 4.78 is 1.81. The lowest BCUT2D eigenvalue weighted by atomic mass is 10.1. The quantitative estimate of drug-likeness (QED) is 0.770. The second-order valence-electron chi connectivity index (χ2n) is 5.42. The first kappa shape index (κ1) is 15.3. The molecule has 0 bridgehead atoms. The SMILES string of the molecule is Cc1ccc(C)c(-n2cc(C(=O)O)nc2-c2ccc(Cl)cc2)c1. The molecule has 0 radical (unpaired) electrons. The molecule has 3 rings (SSSR count). The number of imidazole rings is 1. The molecule has 1 N–H and O–H groups in total. The lowest BCUT2D eigenvalue weighted by Gasteiger charge is -2.12. The van der Waals surface area contributed by atoms with Crippen LogP contribution < -0.4 is 0 Å². The van der Waals surface area contributed by atoms with Gasteiger partial charge in [0.05, 0.1) is 5.69 Å². The number of hydrogen-bond donors (Lipinski definition) is 1. The van der Waals surface area contributed by atoms with Gasteiger partial charge < -0.3 is 5.11 Å². The van der Waals surface area contributed by atoms with E-state index in [9.17, 15) is 9.90 Å². The van der Waals surface area contributed by atoms with Crippen molar-refractivity contribution in [1.82, 2.24) is 9.55 Å². The molecule has 0 fully saturated rings. The van der Waals surface area contributed by atoms with Crippen molar-refractivity contribution in [3.05, 3.63) is 70.5 Å². The third kappa shape index (κ3) is 2.98. The number of rotatable bonds is 3. The number of aryl methyl sites for hydroxylation is 2. The van der Waals surface area contributed by atoms with Gasteiger partial charge in [0.15, 0.2) is 5.69 Å². The molecule has 0 aliphatic rings. The number of aromatic carboxylic acids is 1. The molecular formula is C18H15ClN2O2. The second kappa shape index (κ2) is 5.89. The summed E-state index contributed by atoms with van der Waals surface area (Å²) in [4.78, 5) is 15.6. The molecule has 23 heavy (non-hydrogen) atoms. The molecule has 0 amide bonds. The van der Waals surface area contributed by atoms with Crippen molar-refractivity contribution in [2.24, 2.45) is 0 Å². The fourth-order valence-electron chi connectivity index (χ4n) is 2.45. The lowest BCUT2D eigenvalue weighted by molar-refractivity contribution is 0.0691. The molecule has 0 saturated carbocycles. The smallest absolute Gasteiger partial charge is 0.356 e. The summed E-state index contributed by atoms with van der Waals surface area (Å²) in [6.07, 6.45) is 1.55. The van der Waals surface area contributed by atoms with Gasteiger partial charge in [0, 0.05) is 16.8 Å². The van der Waals surface area contributed by atoms with Crippen LogP contribution in [0.25, 0.3) is 17.1 Å². The predicted molar refractivity (Wildman–Crippen MR) is 90.4 cm³/mol. The highest BCUT2D eigenvalue weighted by Gasteiger charge is 2.17. The van der Waals surface area contributed by atoms with Crippen LogP contribution >= 0.6 is 11.6 Å². The lowest BCUT2D eigenvalue weighted by Crippen LogP contribution is -1.99. The van der Waals surface area contributed by atoms with E-state index in [0.717, 1.165) is 22.4 Å². The summed E-state index contributed by atoms with van der Waals surface area (Å²) in [6, 6.07) is 13.2. The standard InChI is InChI=1S/C18H15ClN2O2/c1-11-3-4-12(2)16(9-11)21-10-15(18(22)23)20-17(21)13-5-7-14(19)8-6-13/h3-10H,1-2H3,(H,22,23). The summed E-state index contributed by atoms with van der Waals surface area (Å²) in [6.45, 7) is 3.99. The highest BCUT2D eigenvalue weighted by Crippen LogP contribution is 2.26. The maximum atomic E-state index is 11.3. The maximum absolute atomic E-state index is 11.3. The minimum atomic E-state index is -1.05. The van der Waals surface area contributed by atoms with E-state index >= 15 is 0 Å². The molecule has 0 aliphatic heterocycles. The number of hydrogen-bond acceptors (Lipinski definition) is 2. The van der Waals surface area contributed by atoms with Crippen LogP contribution in [0, 0.1) is 13.8 Å². The Bertz CT molecular complexity index is 883. The first-order valence-electron chi connectivity index (χ1n) is 7.12. The minimum absolute atomic E-state index is 0.0101. The Balaban J connectivity index is 2.25. The molecule has 5 heteroatoms. The van der Waals surface area contributed by atoms with E-state index in [1.807, 2.05) is 48.7 Å². The first-order valence-corrected chi connectivity index (χ1v) is 7.50. The van der Waals surface area contributed by atoms with Gasteiger partial charge in [-0.25, -0.2) is 9.78 Å². The Morgan fingerprint density at radius 1 is 1.13 bits per heavy atom. The second-order valence-corrected chi connectivity index (χ2v) is 5.86. The third-order valence-electron chi connectivity index (χ3n) is 3.65. The van der Waals surface area contributed by atoms with Gasteiger partial charge in [-0.05, 0) is 55.3 Å². The Hall–Kier alpha value is -2.59. The highest BCUT2D eigenvalue weighted by atomic mass is 35.5. The van der Waals surface area contributed by atoms with Gasteiger partial charge in [-0.15, -0.1) is 0 Å². The average Bonchev–Trinajstić information content (AvgIpc) is 2.96. The summed E-state index contributed by atoms with van der Waals surface area (Å²) >= 11 is 5.94. The van der Waals surface area contributed by atoms with Gasteiger partial charge in [-0.3, -0.25) is 4.57 Å². The van der Waals surface area contributed by atoms with E-state index in [1.54, 1.807) is 18.3 Å². The van der Waals surface area contributed by atoms with E-state index in [4.69, 9.17) is 11.6 Å². The van der Waals surface area contributed by atoms with Gasteiger partial charge in [-0.1, -0.05) is 23.7 Å². The Kier molecular flexibility index (Phi) is 3.92. The Morgan fingerprint density at radius 3 is 2.48 bits per heavy atom. The summed E-state index contributed by atoms with van der Waals surface area (Å²) in [7, 11) is 0. The molecule has 0 atom stereocenters. The van der Waals surface area contributed by atoms with Gasteiger partial charge in [-0.2, -0.15) is 0 Å². The average molecular weight is 327 g/mol. The number of carbonyl (C=O) groups is 1. The van der Waals surface area contributed by atoms with Crippen LogP contribution in [0.5, 0.6) is 0 Å². The Morgan fingerprint density at radius 2 is 1.83 bits per heavy atom. The molecule has 0 spiro atoms. The van der Waals surface area contributed by atoms with Crippen LogP contribution in [0.15, 0.2) is 48.7 Å². The van der Waals surface area contributed by atoms with Gasteiger partial charge in [0.2, 0.25) is 0 Å². The van der Waals surface area contributed by atoms with E-state index in [0.29, 0.717) is 10.8 Å². The first-order chi connectivity index (χ1) is 11.0. The number of nitrogens with zero attached hydrogens (tertiary/aromatic N) is 2. The maximum Gasteiger partial charge on any atom is 0.356 e. The van der Waals surface area contributed by atoms with Crippen LogP contribution in [0.4, 0.5) is 0 Å². The van der Waals surface area contributed by atoms with Gasteiger partial charge in [0.1, 0.15) is 5.82 Å². The molecule has 1 aromatic heterocycles. The Labute approximate surface area is 139 Å². The molecule has 3 aromatic rings. The van der Waals surface area contributed by atoms with Crippen molar-refractivity contribution in [3.8, 4) is 17.1 Å². The van der Waals surface area contributed by atoms with Crippen molar-refractivity contribution in [2.75, 3.05) is 0 Å². The van der Waals surface area contributed by atoms with Crippen LogP contribution in [0.3, 0.4) is 0 Å². The van der Waals surface area contributed by atoms with Crippen LogP contribution in [-0.2, 0) is 0 Å². The number of carboxylic acid groups (broad SMARTS) is 1. The zero-order chi connectivity index (χ0) is 16.6. The molecule has 116 valence electrons. The number of halogens is 1. The van der Waals surface area contributed by atoms with E-state index in [2.05, 4.69) is 4.98 Å². The van der Waals surface area contributed by atoms with Crippen molar-refractivity contribution < 1.29 is 9.90 Å². The summed E-state index contributed by atoms with van der Waals surface area (Å²) in [5.41, 5.74) is 3.87. The van der Waals surface area contributed by atoms with E-state index in [1.165, 1.54) is 0 Å². The molecule has 2 aromatic carbocycles. The molecule has 4 nitrogen and oxygen atoms in total. The fraction of sp³-hybridized carbons (Fsp3) is 0.111. The predicted octanol–water partition coefficient (Wildman–Crippen LogP) is 4.51. The van der Waals surface area contributed by atoms with E-state index in [-0.39, 0.29) is 5.69 Å². The third-order valence-corrected chi connectivity index (χ3v) is 3.90. The van der Waals surface area contributed by atoms with Crippen LogP contribution in [0.1, 0.15) is 21.6 Å². The van der Waals surface area contributed by atoms with Crippen LogP contribution in [-0.4, -0.2) is 20.6 Å². The molecule has 0 saturated heterocycles. The normalized spacial score (nSPS) is 10.7. The van der Waals surface area contributed by atoms with Crippen LogP contribution in [0.2, 0.25) is 5.02 Å². The van der Waals surface area contributed by atoms with Crippen molar-refractivity contribution >= 4 is 17.6 Å². The minimum Gasteiger partial charge on any atom is -0.476 e.